The van der Waals surface area contributed by atoms with E-state index in [0.717, 1.165) is 37.2 Å². The fourth-order valence-electron chi connectivity index (χ4n) is 4.59. The van der Waals surface area contributed by atoms with Crippen LogP contribution < -0.4 is 10.1 Å². The van der Waals surface area contributed by atoms with Crippen LogP contribution in [0, 0.1) is 11.8 Å². The van der Waals surface area contributed by atoms with Gasteiger partial charge in [0.05, 0.1) is 11.7 Å². The molecule has 2 N–H and O–H groups in total. The van der Waals surface area contributed by atoms with E-state index in [1.165, 1.54) is 24.1 Å². The standard InChI is InChI=1S/C22H28N4O3/c27-22(28)26-11-8-18(17-6-9-23-10-7-17)12-20(26)19-13-21(25-15-24-19)29-14-16-4-2-1-3-5-16/h1-5,13,15,17-18,20,23H,6-12,14H2,(H,27,28). The van der Waals surface area contributed by atoms with Gasteiger partial charge in [-0.1, -0.05) is 30.3 Å². The molecule has 0 bridgehead atoms. The van der Waals surface area contributed by atoms with E-state index >= 15 is 0 Å². The Balaban J connectivity index is 1.49. The molecule has 2 aliphatic heterocycles. The summed E-state index contributed by atoms with van der Waals surface area (Å²) in [5.41, 5.74) is 1.78. The molecule has 1 amide bonds. The Labute approximate surface area is 171 Å². The van der Waals surface area contributed by atoms with Crippen molar-refractivity contribution in [1.82, 2.24) is 20.2 Å². The summed E-state index contributed by atoms with van der Waals surface area (Å²) in [6.45, 7) is 3.08. The van der Waals surface area contributed by atoms with Crippen molar-refractivity contribution in [3.63, 3.8) is 0 Å². The van der Waals surface area contributed by atoms with Gasteiger partial charge in [0.25, 0.3) is 0 Å². The number of hydrogen-bond donors (Lipinski definition) is 2. The number of carbonyl (C=O) groups is 1. The van der Waals surface area contributed by atoms with Gasteiger partial charge in [-0.05, 0) is 56.2 Å². The second-order valence-corrected chi connectivity index (χ2v) is 7.92. The van der Waals surface area contributed by atoms with Gasteiger partial charge in [-0.25, -0.2) is 14.8 Å². The summed E-state index contributed by atoms with van der Waals surface area (Å²) in [5.74, 6) is 1.67. The van der Waals surface area contributed by atoms with E-state index < -0.39 is 6.09 Å². The van der Waals surface area contributed by atoms with Gasteiger partial charge in [0.15, 0.2) is 0 Å². The van der Waals surface area contributed by atoms with Gasteiger partial charge >= 0.3 is 6.09 Å². The molecular weight excluding hydrogens is 368 g/mol. The van der Waals surface area contributed by atoms with Crippen molar-refractivity contribution < 1.29 is 14.6 Å². The van der Waals surface area contributed by atoms with Crippen LogP contribution >= 0.6 is 0 Å². The zero-order valence-electron chi connectivity index (χ0n) is 16.5. The number of likely N-dealkylation sites (tertiary alicyclic amines) is 1. The number of nitrogens with zero attached hydrogens (tertiary/aromatic N) is 3. The summed E-state index contributed by atoms with van der Waals surface area (Å²) in [6, 6.07) is 11.5. The maximum atomic E-state index is 11.9. The molecule has 1 aromatic heterocycles. The van der Waals surface area contributed by atoms with Crippen LogP contribution in [0.2, 0.25) is 0 Å². The summed E-state index contributed by atoms with van der Waals surface area (Å²) in [6.07, 6.45) is 4.66. The zero-order valence-corrected chi connectivity index (χ0v) is 16.5. The third-order valence-corrected chi connectivity index (χ3v) is 6.17. The Morgan fingerprint density at radius 1 is 1.14 bits per heavy atom. The van der Waals surface area contributed by atoms with E-state index in [9.17, 15) is 9.90 Å². The number of amides is 1. The molecule has 29 heavy (non-hydrogen) atoms. The van der Waals surface area contributed by atoms with Crippen LogP contribution in [-0.2, 0) is 6.61 Å². The molecule has 2 aliphatic rings. The predicted octanol–water partition coefficient (Wildman–Crippen LogP) is 3.49. The highest BCUT2D eigenvalue weighted by molar-refractivity contribution is 5.65. The number of nitrogens with one attached hydrogen (secondary N) is 1. The maximum absolute atomic E-state index is 11.9. The molecule has 7 heteroatoms. The van der Waals surface area contributed by atoms with Crippen molar-refractivity contribution in [2.24, 2.45) is 11.8 Å². The van der Waals surface area contributed by atoms with Crippen LogP contribution in [0.15, 0.2) is 42.7 Å². The Hall–Kier alpha value is -2.67. The molecule has 4 rings (SSSR count). The quantitative estimate of drug-likeness (QED) is 0.804. The largest absolute Gasteiger partial charge is 0.473 e. The van der Waals surface area contributed by atoms with Gasteiger partial charge in [0, 0.05) is 12.6 Å². The first-order valence-electron chi connectivity index (χ1n) is 10.4. The zero-order chi connectivity index (χ0) is 20.1. The molecule has 0 aliphatic carbocycles. The van der Waals surface area contributed by atoms with E-state index in [2.05, 4.69) is 15.3 Å². The predicted molar refractivity (Wildman–Crippen MR) is 109 cm³/mol. The summed E-state index contributed by atoms with van der Waals surface area (Å²) in [5, 5.41) is 13.1. The number of aromatic nitrogens is 2. The second-order valence-electron chi connectivity index (χ2n) is 7.92. The highest BCUT2D eigenvalue weighted by Crippen LogP contribution is 2.39. The van der Waals surface area contributed by atoms with Crippen molar-refractivity contribution in [2.45, 2.75) is 38.3 Å². The first kappa shape index (κ1) is 19.6. The van der Waals surface area contributed by atoms with Crippen LogP contribution in [0.4, 0.5) is 4.79 Å². The lowest BCUT2D eigenvalue weighted by molar-refractivity contribution is 0.0669. The molecule has 0 spiro atoms. The van der Waals surface area contributed by atoms with Crippen molar-refractivity contribution in [1.29, 1.82) is 0 Å². The fourth-order valence-corrected chi connectivity index (χ4v) is 4.59. The number of rotatable bonds is 5. The third kappa shape index (κ3) is 4.85. The van der Waals surface area contributed by atoms with Gasteiger partial charge in [0.1, 0.15) is 12.9 Å². The number of piperidine rings is 2. The Morgan fingerprint density at radius 2 is 1.93 bits per heavy atom. The SMILES string of the molecule is O=C(O)N1CCC(C2CCNCC2)CC1c1cc(OCc2ccccc2)ncn1. The van der Waals surface area contributed by atoms with E-state index in [-0.39, 0.29) is 6.04 Å². The summed E-state index contributed by atoms with van der Waals surface area (Å²) in [4.78, 5) is 22.0. The van der Waals surface area contributed by atoms with Gasteiger partial charge in [-0.3, -0.25) is 4.90 Å². The summed E-state index contributed by atoms with van der Waals surface area (Å²) < 4.78 is 5.84. The van der Waals surface area contributed by atoms with Crippen LogP contribution in [0.1, 0.15) is 43.0 Å². The maximum Gasteiger partial charge on any atom is 0.407 e. The van der Waals surface area contributed by atoms with Crippen LogP contribution in [0.3, 0.4) is 0 Å². The Kier molecular flexibility index (Phi) is 6.24. The molecule has 0 saturated carbocycles. The molecule has 1 aromatic carbocycles. The van der Waals surface area contributed by atoms with Crippen LogP contribution in [0.5, 0.6) is 5.88 Å². The van der Waals surface area contributed by atoms with Gasteiger partial charge in [-0.2, -0.15) is 0 Å². The minimum Gasteiger partial charge on any atom is -0.473 e. The van der Waals surface area contributed by atoms with Crippen molar-refractivity contribution in [3.05, 3.63) is 54.0 Å². The minimum absolute atomic E-state index is 0.247. The molecule has 2 atom stereocenters. The molecular formula is C22H28N4O3. The van der Waals surface area contributed by atoms with E-state index in [1.54, 1.807) is 6.07 Å². The number of hydrogen-bond acceptors (Lipinski definition) is 5. The first-order chi connectivity index (χ1) is 14.2. The second kappa shape index (κ2) is 9.22. The van der Waals surface area contributed by atoms with Gasteiger partial charge in [0.2, 0.25) is 5.88 Å². The van der Waals surface area contributed by atoms with E-state index in [0.29, 0.717) is 30.9 Å². The molecule has 0 radical (unpaired) electrons. The smallest absolute Gasteiger partial charge is 0.407 e. The van der Waals surface area contributed by atoms with E-state index in [1.807, 2.05) is 30.3 Å². The monoisotopic (exact) mass is 396 g/mol. The van der Waals surface area contributed by atoms with Crippen LogP contribution in [-0.4, -0.2) is 45.7 Å². The molecule has 2 fully saturated rings. The number of carboxylic acid groups (broad SMARTS) is 1. The molecule has 7 nitrogen and oxygen atoms in total. The highest BCUT2D eigenvalue weighted by Gasteiger charge is 2.37. The van der Waals surface area contributed by atoms with Gasteiger partial charge in [-0.15, -0.1) is 0 Å². The van der Waals surface area contributed by atoms with Crippen molar-refractivity contribution in [3.8, 4) is 5.88 Å². The minimum atomic E-state index is -0.885. The fraction of sp³-hybridized carbons (Fsp3) is 0.500. The Bertz CT molecular complexity index is 811. The van der Waals surface area contributed by atoms with Crippen molar-refractivity contribution in [2.75, 3.05) is 19.6 Å². The number of ether oxygens (including phenoxy) is 1. The molecule has 2 aromatic rings. The first-order valence-corrected chi connectivity index (χ1v) is 10.4. The summed E-state index contributed by atoms with van der Waals surface area (Å²) in [7, 11) is 0. The topological polar surface area (TPSA) is 87.6 Å². The molecule has 154 valence electrons. The average Bonchev–Trinajstić information content (AvgIpc) is 2.79. The lowest BCUT2D eigenvalue weighted by atomic mass is 9.76. The average molecular weight is 396 g/mol. The lowest BCUT2D eigenvalue weighted by Gasteiger charge is -2.41. The molecule has 2 saturated heterocycles. The lowest BCUT2D eigenvalue weighted by Crippen LogP contribution is -2.43. The normalized spacial score (nSPS) is 23.0. The van der Waals surface area contributed by atoms with Gasteiger partial charge < -0.3 is 15.2 Å². The van der Waals surface area contributed by atoms with Crippen LogP contribution in [0.25, 0.3) is 0 Å². The summed E-state index contributed by atoms with van der Waals surface area (Å²) >= 11 is 0. The van der Waals surface area contributed by atoms with Crippen molar-refractivity contribution >= 4 is 6.09 Å². The third-order valence-electron chi connectivity index (χ3n) is 6.17. The highest BCUT2D eigenvalue weighted by atomic mass is 16.5. The van der Waals surface area contributed by atoms with E-state index in [4.69, 9.17) is 4.74 Å². The number of benzene rings is 1. The molecule has 2 unspecified atom stereocenters. The molecule has 3 heterocycles. The Morgan fingerprint density at radius 3 is 2.69 bits per heavy atom.